The average Bonchev–Trinajstić information content (AvgIpc) is 2.69. The van der Waals surface area contributed by atoms with Gasteiger partial charge in [-0.1, -0.05) is 29.8 Å². The van der Waals surface area contributed by atoms with Crippen LogP contribution in [0, 0.1) is 11.6 Å². The molecule has 0 heterocycles. The van der Waals surface area contributed by atoms with Crippen molar-refractivity contribution in [3.8, 4) is 0 Å². The Morgan fingerprint density at radius 1 is 1.24 bits per heavy atom. The number of nitrogens with two attached hydrogens (primary N) is 1. The van der Waals surface area contributed by atoms with E-state index in [1.807, 2.05) is 36.2 Å². The third kappa shape index (κ3) is 7.08. The molecule has 0 bridgehead atoms. The SMILES string of the molecule is CN(/C=C\C(OCc1ccc(F)cc1F)=C(\Cl)C=O)Cc1cccc(/C=C\N)c1. The molecule has 2 aromatic carbocycles. The molecular weight excluding hydrogens is 398 g/mol. The van der Waals surface area contributed by atoms with Gasteiger partial charge in [-0.3, -0.25) is 4.79 Å². The van der Waals surface area contributed by atoms with Gasteiger partial charge in [0.2, 0.25) is 0 Å². The third-order valence-electron chi connectivity index (χ3n) is 3.89. The summed E-state index contributed by atoms with van der Waals surface area (Å²) in [5.74, 6) is -1.34. The zero-order chi connectivity index (χ0) is 21.2. The van der Waals surface area contributed by atoms with Crippen molar-refractivity contribution >= 4 is 24.0 Å². The Kier molecular flexibility index (Phi) is 8.43. The fraction of sp³-hybridized carbons (Fsp3) is 0.136. The Morgan fingerprint density at radius 3 is 2.72 bits per heavy atom. The Bertz CT molecular complexity index is 942. The van der Waals surface area contributed by atoms with Gasteiger partial charge in [0.1, 0.15) is 29.0 Å². The standard InChI is InChI=1S/C22H21ClF2N2O2/c1-27(13-17-4-2-3-16(11-17)7-9-26)10-8-22(20(23)14-28)29-15-18-5-6-19(24)12-21(18)25/h2-12,14H,13,15,26H2,1H3/b9-7-,10-8-,22-20-. The van der Waals surface area contributed by atoms with E-state index in [9.17, 15) is 13.6 Å². The summed E-state index contributed by atoms with van der Waals surface area (Å²) in [7, 11) is 1.84. The van der Waals surface area contributed by atoms with Crippen LogP contribution in [0.1, 0.15) is 16.7 Å². The fourth-order valence-corrected chi connectivity index (χ4v) is 2.61. The Labute approximate surface area is 173 Å². The summed E-state index contributed by atoms with van der Waals surface area (Å²) in [6.45, 7) is 0.383. The Balaban J connectivity index is 2.06. The second-order valence-electron chi connectivity index (χ2n) is 6.19. The molecule has 2 aromatic rings. The van der Waals surface area contributed by atoms with Crippen LogP contribution < -0.4 is 5.73 Å². The summed E-state index contributed by atoms with van der Waals surface area (Å²) in [4.78, 5) is 12.9. The molecule has 7 heteroatoms. The van der Waals surface area contributed by atoms with Crippen molar-refractivity contribution in [3.05, 3.63) is 100 Å². The molecule has 0 aliphatic heterocycles. The van der Waals surface area contributed by atoms with Crippen molar-refractivity contribution in [1.29, 1.82) is 0 Å². The Morgan fingerprint density at radius 2 is 2.03 bits per heavy atom. The first-order valence-electron chi connectivity index (χ1n) is 8.70. The predicted molar refractivity (Wildman–Crippen MR) is 110 cm³/mol. The second kappa shape index (κ2) is 11.0. The van der Waals surface area contributed by atoms with Gasteiger partial charge >= 0.3 is 0 Å². The molecule has 152 valence electrons. The normalized spacial score (nSPS) is 12.3. The first-order chi connectivity index (χ1) is 13.9. The lowest BCUT2D eigenvalue weighted by molar-refractivity contribution is -0.104. The van der Waals surface area contributed by atoms with Crippen LogP contribution in [0.5, 0.6) is 0 Å². The van der Waals surface area contributed by atoms with Crippen LogP contribution in [-0.4, -0.2) is 18.2 Å². The molecule has 0 saturated carbocycles. The third-order valence-corrected chi connectivity index (χ3v) is 4.16. The Hall–Kier alpha value is -3.12. The van der Waals surface area contributed by atoms with Crippen LogP contribution in [0.2, 0.25) is 0 Å². The monoisotopic (exact) mass is 418 g/mol. The minimum atomic E-state index is -0.737. The van der Waals surface area contributed by atoms with Gasteiger partial charge in [-0.15, -0.1) is 0 Å². The van der Waals surface area contributed by atoms with Crippen LogP contribution >= 0.6 is 11.6 Å². The molecular formula is C22H21ClF2N2O2. The molecule has 0 aliphatic rings. The van der Waals surface area contributed by atoms with E-state index in [1.165, 1.54) is 18.3 Å². The number of carbonyl (C=O) groups is 1. The number of allylic oxidation sites excluding steroid dienone is 2. The zero-order valence-corrected chi connectivity index (χ0v) is 16.6. The summed E-state index contributed by atoms with van der Waals surface area (Å²) in [5, 5.41) is -0.160. The van der Waals surface area contributed by atoms with Crippen LogP contribution in [0.4, 0.5) is 8.78 Å². The highest BCUT2D eigenvalue weighted by Crippen LogP contribution is 2.17. The quantitative estimate of drug-likeness (QED) is 0.277. The summed E-state index contributed by atoms with van der Waals surface area (Å²) < 4.78 is 32.2. The number of benzene rings is 2. The minimum Gasteiger partial charge on any atom is -0.487 e. The van der Waals surface area contributed by atoms with E-state index in [0.717, 1.165) is 23.3 Å². The van der Waals surface area contributed by atoms with Crippen molar-refractivity contribution in [2.75, 3.05) is 7.05 Å². The summed E-state index contributed by atoms with van der Waals surface area (Å²) >= 11 is 5.91. The molecule has 0 aliphatic carbocycles. The van der Waals surface area contributed by atoms with Crippen molar-refractivity contribution in [2.45, 2.75) is 13.2 Å². The number of hydrogen-bond donors (Lipinski definition) is 1. The highest BCUT2D eigenvalue weighted by atomic mass is 35.5. The predicted octanol–water partition coefficient (Wildman–Crippen LogP) is 4.71. The molecule has 0 fully saturated rings. The molecule has 0 unspecified atom stereocenters. The first kappa shape index (κ1) is 22.2. The largest absolute Gasteiger partial charge is 0.487 e. The van der Waals surface area contributed by atoms with Gasteiger partial charge in [-0.25, -0.2) is 8.78 Å². The summed E-state index contributed by atoms with van der Waals surface area (Å²) in [6, 6.07) is 11.0. The van der Waals surface area contributed by atoms with Crippen LogP contribution in [0.15, 0.2) is 71.7 Å². The van der Waals surface area contributed by atoms with Crippen molar-refractivity contribution < 1.29 is 18.3 Å². The molecule has 29 heavy (non-hydrogen) atoms. The molecule has 2 N–H and O–H groups in total. The number of halogens is 3. The minimum absolute atomic E-state index is 0.0806. The molecule has 0 amide bonds. The van der Waals surface area contributed by atoms with Crippen LogP contribution in [0.25, 0.3) is 6.08 Å². The number of carbonyl (C=O) groups excluding carboxylic acids is 1. The van der Waals surface area contributed by atoms with Gasteiger partial charge in [-0.2, -0.15) is 0 Å². The zero-order valence-electron chi connectivity index (χ0n) is 15.8. The maximum absolute atomic E-state index is 13.8. The fourth-order valence-electron chi connectivity index (χ4n) is 2.49. The van der Waals surface area contributed by atoms with Crippen LogP contribution in [-0.2, 0) is 22.7 Å². The van der Waals surface area contributed by atoms with Crippen molar-refractivity contribution in [3.63, 3.8) is 0 Å². The van der Waals surface area contributed by atoms with Gasteiger partial charge < -0.3 is 15.4 Å². The van der Waals surface area contributed by atoms with Gasteiger partial charge in [0, 0.05) is 31.4 Å². The van der Waals surface area contributed by atoms with Crippen molar-refractivity contribution in [1.82, 2.24) is 4.90 Å². The molecule has 0 saturated heterocycles. The average molecular weight is 419 g/mol. The number of rotatable bonds is 9. The topological polar surface area (TPSA) is 55.6 Å². The number of hydrogen-bond acceptors (Lipinski definition) is 4. The van der Waals surface area contributed by atoms with Gasteiger partial charge in [0.05, 0.1) is 0 Å². The van der Waals surface area contributed by atoms with Crippen molar-refractivity contribution in [2.24, 2.45) is 5.73 Å². The highest BCUT2D eigenvalue weighted by molar-refractivity contribution is 6.39. The lowest BCUT2D eigenvalue weighted by Crippen LogP contribution is -2.10. The molecule has 0 radical (unpaired) electrons. The van der Waals surface area contributed by atoms with Gasteiger partial charge in [0.25, 0.3) is 0 Å². The number of aldehydes is 1. The molecule has 0 spiro atoms. The summed E-state index contributed by atoms with van der Waals surface area (Å²) in [6.07, 6.45) is 6.91. The number of nitrogens with zero attached hydrogens (tertiary/aromatic N) is 1. The highest BCUT2D eigenvalue weighted by Gasteiger charge is 2.08. The van der Waals surface area contributed by atoms with E-state index >= 15 is 0 Å². The lowest BCUT2D eigenvalue weighted by Gasteiger charge is -2.15. The van der Waals surface area contributed by atoms with E-state index in [2.05, 4.69) is 0 Å². The lowest BCUT2D eigenvalue weighted by atomic mass is 10.1. The van der Waals surface area contributed by atoms with E-state index in [4.69, 9.17) is 22.1 Å². The smallest absolute Gasteiger partial charge is 0.165 e. The van der Waals surface area contributed by atoms with E-state index in [-0.39, 0.29) is 23.0 Å². The maximum atomic E-state index is 13.8. The van der Waals surface area contributed by atoms with E-state index < -0.39 is 11.6 Å². The van der Waals surface area contributed by atoms with E-state index in [1.54, 1.807) is 12.3 Å². The number of ether oxygens (including phenoxy) is 1. The van der Waals surface area contributed by atoms with Gasteiger partial charge in [0.15, 0.2) is 6.29 Å². The molecule has 0 atom stereocenters. The van der Waals surface area contributed by atoms with Crippen LogP contribution in [0.3, 0.4) is 0 Å². The van der Waals surface area contributed by atoms with E-state index in [0.29, 0.717) is 12.8 Å². The van der Waals surface area contributed by atoms with Gasteiger partial charge in [-0.05, 0) is 47.7 Å². The maximum Gasteiger partial charge on any atom is 0.165 e. The summed E-state index contributed by atoms with van der Waals surface area (Å²) in [5.41, 5.74) is 7.59. The molecule has 4 nitrogen and oxygen atoms in total. The second-order valence-corrected chi connectivity index (χ2v) is 6.60. The first-order valence-corrected chi connectivity index (χ1v) is 9.08. The molecule has 0 aromatic heterocycles. The molecule has 2 rings (SSSR count).